The molecule has 1 aromatic rings. The van der Waals surface area contributed by atoms with E-state index >= 15 is 0 Å². The summed E-state index contributed by atoms with van der Waals surface area (Å²) < 4.78 is 5.60. The zero-order valence-corrected chi connectivity index (χ0v) is 11.6. The summed E-state index contributed by atoms with van der Waals surface area (Å²) in [4.78, 5) is 11.9. The summed E-state index contributed by atoms with van der Waals surface area (Å²) in [7, 11) is 0. The maximum atomic E-state index is 11.9. The van der Waals surface area contributed by atoms with Crippen molar-refractivity contribution in [2.75, 3.05) is 6.61 Å². The van der Waals surface area contributed by atoms with Gasteiger partial charge in [-0.2, -0.15) is 0 Å². The summed E-state index contributed by atoms with van der Waals surface area (Å²) in [6.45, 7) is 2.84. The summed E-state index contributed by atoms with van der Waals surface area (Å²) in [5, 5.41) is 0.704. The molecule has 3 heteroatoms. The molecule has 2 rings (SSSR count). The van der Waals surface area contributed by atoms with Crippen LogP contribution < -0.4 is 4.74 Å². The number of unbranched alkanes of at least 4 members (excludes halogenated alkanes) is 2. The SMILES string of the molecule is CCCCCC(=O)Cc1cc(Cl)cc2c1OCC2. The Labute approximate surface area is 113 Å². The Bertz CT molecular complexity index is 440. The molecule has 1 aromatic carbocycles. The molecule has 2 nitrogen and oxygen atoms in total. The van der Waals surface area contributed by atoms with Gasteiger partial charge in [0.2, 0.25) is 0 Å². The number of carbonyl (C=O) groups excluding carboxylic acids is 1. The van der Waals surface area contributed by atoms with Gasteiger partial charge >= 0.3 is 0 Å². The van der Waals surface area contributed by atoms with Crippen LogP contribution in [0.15, 0.2) is 12.1 Å². The van der Waals surface area contributed by atoms with Crippen LogP contribution in [0.3, 0.4) is 0 Å². The first kappa shape index (κ1) is 13.4. The molecule has 0 unspecified atom stereocenters. The van der Waals surface area contributed by atoms with E-state index in [-0.39, 0.29) is 5.78 Å². The van der Waals surface area contributed by atoms with Gasteiger partial charge in [0.05, 0.1) is 6.61 Å². The van der Waals surface area contributed by atoms with E-state index in [1.54, 1.807) is 0 Å². The number of hydrogen-bond acceptors (Lipinski definition) is 2. The second-order valence-corrected chi connectivity index (χ2v) is 5.26. The quantitative estimate of drug-likeness (QED) is 0.729. The fourth-order valence-corrected chi connectivity index (χ4v) is 2.61. The van der Waals surface area contributed by atoms with Gasteiger partial charge in [-0.15, -0.1) is 0 Å². The van der Waals surface area contributed by atoms with Crippen molar-refractivity contribution in [2.24, 2.45) is 0 Å². The van der Waals surface area contributed by atoms with Crippen LogP contribution in [0.1, 0.15) is 43.7 Å². The first-order valence-corrected chi connectivity index (χ1v) is 7.04. The lowest BCUT2D eigenvalue weighted by Crippen LogP contribution is -2.04. The Balaban J connectivity index is 2.03. The van der Waals surface area contributed by atoms with E-state index < -0.39 is 0 Å². The molecule has 0 saturated heterocycles. The van der Waals surface area contributed by atoms with Crippen LogP contribution in [0.2, 0.25) is 5.02 Å². The van der Waals surface area contributed by atoms with Crippen LogP contribution in [-0.2, 0) is 17.6 Å². The molecule has 98 valence electrons. The first-order chi connectivity index (χ1) is 8.70. The highest BCUT2D eigenvalue weighted by Gasteiger charge is 2.19. The van der Waals surface area contributed by atoms with Gasteiger partial charge in [-0.25, -0.2) is 0 Å². The van der Waals surface area contributed by atoms with Gasteiger partial charge in [0.1, 0.15) is 11.5 Å². The third kappa shape index (κ3) is 3.26. The summed E-state index contributed by atoms with van der Waals surface area (Å²) in [6, 6.07) is 3.80. The third-order valence-electron chi connectivity index (χ3n) is 3.27. The van der Waals surface area contributed by atoms with E-state index in [0.29, 0.717) is 24.5 Å². The van der Waals surface area contributed by atoms with Crippen molar-refractivity contribution in [3.05, 3.63) is 28.3 Å². The molecule has 0 aliphatic carbocycles. The molecular formula is C15H19ClO2. The van der Waals surface area contributed by atoms with Crippen LogP contribution >= 0.6 is 11.6 Å². The average Bonchev–Trinajstić information content (AvgIpc) is 2.77. The fourth-order valence-electron chi connectivity index (χ4n) is 2.35. The fraction of sp³-hybridized carbons (Fsp3) is 0.533. The molecular weight excluding hydrogens is 248 g/mol. The minimum atomic E-state index is 0.281. The number of hydrogen-bond donors (Lipinski definition) is 0. The van der Waals surface area contributed by atoms with Gasteiger partial charge in [-0.1, -0.05) is 31.4 Å². The molecule has 0 amide bonds. The number of Topliss-reactive ketones (excluding diaryl/α,β-unsaturated/α-hetero) is 1. The molecule has 1 aliphatic heterocycles. The number of rotatable bonds is 6. The zero-order chi connectivity index (χ0) is 13.0. The van der Waals surface area contributed by atoms with Crippen molar-refractivity contribution in [1.29, 1.82) is 0 Å². The highest BCUT2D eigenvalue weighted by molar-refractivity contribution is 6.30. The van der Waals surface area contributed by atoms with Crippen LogP contribution in [0.5, 0.6) is 5.75 Å². The Kier molecular flexibility index (Phi) is 4.65. The lowest BCUT2D eigenvalue weighted by atomic mass is 10.0. The van der Waals surface area contributed by atoms with Crippen LogP contribution in [0.25, 0.3) is 0 Å². The summed E-state index contributed by atoms with van der Waals surface area (Å²) >= 11 is 6.07. The Morgan fingerprint density at radius 2 is 2.22 bits per heavy atom. The summed E-state index contributed by atoms with van der Waals surface area (Å²) in [5.74, 6) is 1.17. The van der Waals surface area contributed by atoms with Crippen molar-refractivity contribution in [2.45, 2.75) is 45.4 Å². The van der Waals surface area contributed by atoms with Crippen LogP contribution in [-0.4, -0.2) is 12.4 Å². The predicted octanol–water partition coefficient (Wildman–Crippen LogP) is 3.97. The highest BCUT2D eigenvalue weighted by atomic mass is 35.5. The Hall–Kier alpha value is -1.02. The standard InChI is InChI=1S/C15H19ClO2/c1-2-3-4-5-14(17)10-12-9-13(16)8-11-6-7-18-15(11)12/h8-9H,2-7,10H2,1H3. The van der Waals surface area contributed by atoms with Crippen molar-refractivity contribution >= 4 is 17.4 Å². The monoisotopic (exact) mass is 266 g/mol. The van der Waals surface area contributed by atoms with Gasteiger partial charge in [0.25, 0.3) is 0 Å². The molecule has 1 aliphatic rings. The van der Waals surface area contributed by atoms with Crippen molar-refractivity contribution in [3.8, 4) is 5.75 Å². The van der Waals surface area contributed by atoms with Crippen LogP contribution in [0, 0.1) is 0 Å². The Morgan fingerprint density at radius 3 is 3.00 bits per heavy atom. The van der Waals surface area contributed by atoms with E-state index in [1.807, 2.05) is 12.1 Å². The minimum Gasteiger partial charge on any atom is -0.493 e. The lowest BCUT2D eigenvalue weighted by molar-refractivity contribution is -0.118. The smallest absolute Gasteiger partial charge is 0.137 e. The molecule has 0 aromatic heterocycles. The maximum Gasteiger partial charge on any atom is 0.137 e. The normalized spacial score (nSPS) is 13.2. The summed E-state index contributed by atoms with van der Waals surface area (Å²) in [5.41, 5.74) is 2.09. The van der Waals surface area contributed by atoms with Crippen LogP contribution in [0.4, 0.5) is 0 Å². The number of benzene rings is 1. The second kappa shape index (κ2) is 6.24. The number of halogens is 1. The van der Waals surface area contributed by atoms with Gasteiger partial charge in [0, 0.05) is 29.8 Å². The molecule has 0 atom stereocenters. The third-order valence-corrected chi connectivity index (χ3v) is 3.49. The zero-order valence-electron chi connectivity index (χ0n) is 10.8. The van der Waals surface area contributed by atoms with E-state index in [0.717, 1.165) is 42.6 Å². The second-order valence-electron chi connectivity index (χ2n) is 4.82. The maximum absolute atomic E-state index is 11.9. The van der Waals surface area contributed by atoms with E-state index in [9.17, 15) is 4.79 Å². The highest BCUT2D eigenvalue weighted by Crippen LogP contribution is 2.33. The molecule has 0 spiro atoms. The van der Waals surface area contributed by atoms with Gasteiger partial charge in [-0.05, 0) is 24.1 Å². The topological polar surface area (TPSA) is 26.3 Å². The lowest BCUT2D eigenvalue weighted by Gasteiger charge is -2.08. The van der Waals surface area contributed by atoms with E-state index in [2.05, 4.69) is 6.92 Å². The van der Waals surface area contributed by atoms with Gasteiger partial charge in [0.15, 0.2) is 0 Å². The molecule has 0 N–H and O–H groups in total. The largest absolute Gasteiger partial charge is 0.493 e. The molecule has 0 saturated carbocycles. The predicted molar refractivity (Wildman–Crippen MR) is 73.5 cm³/mol. The molecule has 18 heavy (non-hydrogen) atoms. The number of carbonyl (C=O) groups is 1. The molecule has 0 fully saturated rings. The minimum absolute atomic E-state index is 0.281. The molecule has 0 bridgehead atoms. The van der Waals surface area contributed by atoms with Gasteiger partial charge in [-0.3, -0.25) is 4.79 Å². The summed E-state index contributed by atoms with van der Waals surface area (Å²) in [6.07, 6.45) is 5.26. The van der Waals surface area contributed by atoms with Crippen molar-refractivity contribution in [3.63, 3.8) is 0 Å². The van der Waals surface area contributed by atoms with E-state index in [1.165, 1.54) is 0 Å². The number of ether oxygens (including phenoxy) is 1. The van der Waals surface area contributed by atoms with Crippen molar-refractivity contribution in [1.82, 2.24) is 0 Å². The molecule has 0 radical (unpaired) electrons. The Morgan fingerprint density at radius 1 is 1.39 bits per heavy atom. The van der Waals surface area contributed by atoms with E-state index in [4.69, 9.17) is 16.3 Å². The first-order valence-electron chi connectivity index (χ1n) is 6.66. The number of ketones is 1. The number of fused-ring (bicyclic) bond motifs is 1. The van der Waals surface area contributed by atoms with Gasteiger partial charge < -0.3 is 4.74 Å². The average molecular weight is 267 g/mol. The molecule has 1 heterocycles. The van der Waals surface area contributed by atoms with Crippen molar-refractivity contribution < 1.29 is 9.53 Å².